The van der Waals surface area contributed by atoms with E-state index in [0.717, 1.165) is 49.0 Å². The molecule has 12 heteroatoms. The Bertz CT molecular complexity index is 1470. The predicted molar refractivity (Wildman–Crippen MR) is 157 cm³/mol. The fourth-order valence-corrected chi connectivity index (χ4v) is 4.39. The smallest absolute Gasteiger partial charge is 0.323 e. The van der Waals surface area contributed by atoms with Gasteiger partial charge in [0.05, 0.1) is 24.3 Å². The van der Waals surface area contributed by atoms with Gasteiger partial charge in [0.15, 0.2) is 0 Å². The lowest BCUT2D eigenvalue weighted by Crippen LogP contribution is -2.30. The van der Waals surface area contributed by atoms with Crippen molar-refractivity contribution in [1.29, 1.82) is 0 Å². The molecule has 5 rings (SSSR count). The van der Waals surface area contributed by atoms with Gasteiger partial charge < -0.3 is 42.3 Å². The number of benzene rings is 3. The zero-order valence-electron chi connectivity index (χ0n) is 21.9. The largest absolute Gasteiger partial charge is 0.368 e. The number of amidine groups is 2. The Morgan fingerprint density at radius 1 is 0.800 bits per heavy atom. The van der Waals surface area contributed by atoms with Crippen molar-refractivity contribution in [3.05, 3.63) is 83.4 Å². The number of hydrogen-bond acceptors (Lipinski definition) is 9. The van der Waals surface area contributed by atoms with E-state index in [9.17, 15) is 14.7 Å². The quantitative estimate of drug-likeness (QED) is 0.193. The average Bonchev–Trinajstić information content (AvgIpc) is 3.68. The molecule has 2 aliphatic rings. The van der Waals surface area contributed by atoms with Crippen LogP contribution in [0.15, 0.2) is 76.7 Å². The van der Waals surface area contributed by atoms with Gasteiger partial charge in [-0.25, -0.2) is 4.79 Å². The molecule has 3 aromatic rings. The number of urea groups is 1. The van der Waals surface area contributed by atoms with Crippen molar-refractivity contribution in [2.24, 2.45) is 9.98 Å². The summed E-state index contributed by atoms with van der Waals surface area (Å²) in [7, 11) is 1.52. The summed E-state index contributed by atoms with van der Waals surface area (Å²) in [4.78, 5) is 34.1. The summed E-state index contributed by atoms with van der Waals surface area (Å²) in [5, 5.41) is 31.3. The highest BCUT2D eigenvalue weighted by atomic mass is 16.3. The summed E-state index contributed by atoms with van der Waals surface area (Å²) < 4.78 is 0. The van der Waals surface area contributed by atoms with E-state index in [4.69, 9.17) is 0 Å². The first-order chi connectivity index (χ1) is 19.5. The number of hydrogen-bond donors (Lipinski definition) is 8. The van der Waals surface area contributed by atoms with Crippen LogP contribution >= 0.6 is 0 Å². The molecule has 0 fully saturated rings. The molecule has 206 valence electrons. The minimum Gasteiger partial charge on any atom is -0.368 e. The molecule has 3 amide bonds. The van der Waals surface area contributed by atoms with Crippen molar-refractivity contribution in [1.82, 2.24) is 16.0 Å². The third-order valence-corrected chi connectivity index (χ3v) is 6.22. The zero-order chi connectivity index (χ0) is 27.9. The minimum absolute atomic E-state index is 0.296. The SMILES string of the molecule is CNC(=O)c1ccc(NC(=O)Nc2cccc(C3=NCCN3)c2)cc1NC(O)Nc1cccc(C2=NCCN2)c1. The van der Waals surface area contributed by atoms with Crippen LogP contribution in [-0.2, 0) is 0 Å². The number of nitrogens with zero attached hydrogens (tertiary/aromatic N) is 2. The molecule has 0 aromatic heterocycles. The fraction of sp³-hybridized carbons (Fsp3) is 0.214. The first-order valence-corrected chi connectivity index (χ1v) is 12.9. The second kappa shape index (κ2) is 12.2. The summed E-state index contributed by atoms with van der Waals surface area (Å²) >= 11 is 0. The van der Waals surface area contributed by atoms with Crippen LogP contribution in [0.2, 0.25) is 0 Å². The molecule has 1 unspecified atom stereocenters. The van der Waals surface area contributed by atoms with Crippen molar-refractivity contribution < 1.29 is 14.7 Å². The molecule has 8 N–H and O–H groups in total. The molecule has 40 heavy (non-hydrogen) atoms. The van der Waals surface area contributed by atoms with E-state index in [-0.39, 0.29) is 5.91 Å². The summed E-state index contributed by atoms with van der Waals surface area (Å²) in [5.74, 6) is 1.26. The maximum atomic E-state index is 12.8. The standard InChI is InChI=1S/C28H31N9O3/c1-29-26(38)22-9-8-21(36-27(39)34-19-6-2-4-17(14-19)24-30-10-11-31-24)16-23(22)37-28(40)35-20-7-3-5-18(15-20)25-32-12-13-33-25/h2-9,14-16,28,35,37,40H,10-13H2,1H3,(H,29,38)(H,30,31)(H,32,33)(H2,34,36,39). The third-order valence-electron chi connectivity index (χ3n) is 6.22. The van der Waals surface area contributed by atoms with Crippen molar-refractivity contribution in [3.63, 3.8) is 0 Å². The van der Waals surface area contributed by atoms with Crippen molar-refractivity contribution in [2.75, 3.05) is 54.5 Å². The van der Waals surface area contributed by atoms with Gasteiger partial charge in [0.2, 0.25) is 6.35 Å². The maximum absolute atomic E-state index is 12.8. The van der Waals surface area contributed by atoms with E-state index in [1.807, 2.05) is 42.5 Å². The molecule has 0 saturated carbocycles. The van der Waals surface area contributed by atoms with E-state index in [1.54, 1.807) is 24.3 Å². The number of aliphatic hydroxyl groups excluding tert-OH is 1. The number of carbonyl (C=O) groups is 2. The molecule has 0 saturated heterocycles. The number of nitrogens with one attached hydrogen (secondary N) is 7. The third kappa shape index (κ3) is 6.48. The van der Waals surface area contributed by atoms with Gasteiger partial charge in [-0.15, -0.1) is 0 Å². The van der Waals surface area contributed by atoms with Crippen LogP contribution in [0.5, 0.6) is 0 Å². The Morgan fingerprint density at radius 2 is 1.40 bits per heavy atom. The highest BCUT2D eigenvalue weighted by Gasteiger charge is 2.16. The van der Waals surface area contributed by atoms with E-state index >= 15 is 0 Å². The lowest BCUT2D eigenvalue weighted by Gasteiger charge is -2.20. The monoisotopic (exact) mass is 541 g/mol. The number of aliphatic hydroxyl groups is 1. The summed E-state index contributed by atoms with van der Waals surface area (Å²) in [6, 6.07) is 19.2. The highest BCUT2D eigenvalue weighted by molar-refractivity contribution is 6.05. The number of amides is 3. The minimum atomic E-state index is -1.24. The van der Waals surface area contributed by atoms with E-state index in [0.29, 0.717) is 28.3 Å². The number of rotatable bonds is 9. The van der Waals surface area contributed by atoms with Gasteiger partial charge in [0, 0.05) is 48.3 Å². The summed E-state index contributed by atoms with van der Waals surface area (Å²) in [5.41, 5.74) is 4.09. The molecule has 0 aliphatic carbocycles. The molecule has 1 atom stereocenters. The molecule has 2 heterocycles. The predicted octanol–water partition coefficient (Wildman–Crippen LogP) is 2.19. The molecule has 0 radical (unpaired) electrons. The molecule has 0 spiro atoms. The van der Waals surface area contributed by atoms with E-state index in [2.05, 4.69) is 47.2 Å². The molecule has 3 aromatic carbocycles. The molecule has 12 nitrogen and oxygen atoms in total. The first-order valence-electron chi connectivity index (χ1n) is 12.9. The van der Waals surface area contributed by atoms with Gasteiger partial charge in [-0.2, -0.15) is 0 Å². The first kappa shape index (κ1) is 26.5. The van der Waals surface area contributed by atoms with Crippen LogP contribution in [-0.4, -0.2) is 68.3 Å². The Balaban J connectivity index is 1.27. The van der Waals surface area contributed by atoms with Crippen LogP contribution < -0.4 is 37.2 Å². The molecular formula is C28H31N9O3. The van der Waals surface area contributed by atoms with Crippen molar-refractivity contribution in [2.45, 2.75) is 6.35 Å². The second-order valence-electron chi connectivity index (χ2n) is 9.09. The second-order valence-corrected chi connectivity index (χ2v) is 9.09. The topological polar surface area (TPSA) is 163 Å². The Morgan fingerprint density at radius 3 is 2.00 bits per heavy atom. The van der Waals surface area contributed by atoms with Crippen molar-refractivity contribution >= 4 is 46.4 Å². The lowest BCUT2D eigenvalue weighted by atomic mass is 10.1. The van der Waals surface area contributed by atoms with Crippen LogP contribution in [0.25, 0.3) is 0 Å². The van der Waals surface area contributed by atoms with Gasteiger partial charge in [-0.05, 0) is 42.5 Å². The number of carbonyl (C=O) groups excluding carboxylic acids is 2. The number of anilines is 4. The van der Waals surface area contributed by atoms with Gasteiger partial charge in [-0.1, -0.05) is 24.3 Å². The summed E-state index contributed by atoms with van der Waals surface area (Å²) in [6.07, 6.45) is -1.24. The molecule has 2 aliphatic heterocycles. The van der Waals surface area contributed by atoms with E-state index < -0.39 is 12.4 Å². The normalized spacial score (nSPS) is 14.7. The Kier molecular flexibility index (Phi) is 8.07. The maximum Gasteiger partial charge on any atom is 0.323 e. The van der Waals surface area contributed by atoms with Gasteiger partial charge in [0.25, 0.3) is 5.91 Å². The van der Waals surface area contributed by atoms with Crippen LogP contribution in [0.1, 0.15) is 21.5 Å². The van der Waals surface area contributed by atoms with Crippen LogP contribution in [0.3, 0.4) is 0 Å². The Hall–Kier alpha value is -5.10. The summed E-state index contributed by atoms with van der Waals surface area (Å²) in [6.45, 7) is 3.03. The fourth-order valence-electron chi connectivity index (χ4n) is 4.39. The van der Waals surface area contributed by atoms with Gasteiger partial charge in [-0.3, -0.25) is 14.8 Å². The highest BCUT2D eigenvalue weighted by Crippen LogP contribution is 2.23. The van der Waals surface area contributed by atoms with E-state index in [1.165, 1.54) is 7.05 Å². The average molecular weight is 542 g/mol. The van der Waals surface area contributed by atoms with Crippen molar-refractivity contribution in [3.8, 4) is 0 Å². The molecular weight excluding hydrogens is 510 g/mol. The number of aliphatic imine (C=N–C) groups is 2. The molecule has 0 bridgehead atoms. The zero-order valence-corrected chi connectivity index (χ0v) is 21.9. The van der Waals surface area contributed by atoms with Gasteiger partial charge >= 0.3 is 6.03 Å². The lowest BCUT2D eigenvalue weighted by molar-refractivity contribution is 0.0963. The van der Waals surface area contributed by atoms with Crippen LogP contribution in [0, 0.1) is 0 Å². The van der Waals surface area contributed by atoms with Crippen LogP contribution in [0.4, 0.5) is 27.5 Å². The van der Waals surface area contributed by atoms with Gasteiger partial charge in [0.1, 0.15) is 11.7 Å². The Labute approximate surface area is 231 Å².